The number of hydrogen-bond acceptors (Lipinski definition) is 4. The lowest BCUT2D eigenvalue weighted by Gasteiger charge is -2.15. The van der Waals surface area contributed by atoms with E-state index in [9.17, 15) is 26.4 Å². The van der Waals surface area contributed by atoms with Gasteiger partial charge in [0.15, 0.2) is 0 Å². The Hall–Kier alpha value is -1.03. The van der Waals surface area contributed by atoms with Crippen LogP contribution in [-0.2, 0) is 24.8 Å². The first-order valence-corrected chi connectivity index (χ1v) is 8.69. The summed E-state index contributed by atoms with van der Waals surface area (Å²) in [7, 11) is 1.31. The minimum absolute atomic E-state index is 0.118. The Labute approximate surface area is 134 Å². The van der Waals surface area contributed by atoms with Gasteiger partial charge in [-0.2, -0.15) is 13.2 Å². The Morgan fingerprint density at radius 3 is 2.32 bits per heavy atom. The first-order chi connectivity index (χ1) is 9.89. The molecular formula is C11H10Cl2F3NO4S. The summed E-state index contributed by atoms with van der Waals surface area (Å²) >= 11 is 5.50. The van der Waals surface area contributed by atoms with Gasteiger partial charge in [-0.1, -0.05) is 17.7 Å². The summed E-state index contributed by atoms with van der Waals surface area (Å²) in [5.41, 5.74) is -1.83. The molecule has 1 aromatic rings. The van der Waals surface area contributed by atoms with Crippen LogP contribution in [0.1, 0.15) is 5.56 Å². The maximum absolute atomic E-state index is 12.5. The van der Waals surface area contributed by atoms with Crippen LogP contribution >= 0.6 is 22.3 Å². The van der Waals surface area contributed by atoms with E-state index in [1.54, 1.807) is 0 Å². The molecule has 11 heteroatoms. The first kappa shape index (κ1) is 19.0. The van der Waals surface area contributed by atoms with Crippen molar-refractivity contribution in [2.75, 3.05) is 17.9 Å². The largest absolute Gasteiger partial charge is 0.416 e. The maximum Gasteiger partial charge on any atom is 0.416 e. The second-order valence-corrected chi connectivity index (χ2v) is 7.55. The smallest absolute Gasteiger partial charge is 0.332 e. The lowest BCUT2D eigenvalue weighted by molar-refractivity contribution is -0.137. The lowest BCUT2D eigenvalue weighted by atomic mass is 10.2. The summed E-state index contributed by atoms with van der Waals surface area (Å²) in [4.78, 5) is 12.5. The van der Waals surface area contributed by atoms with Crippen LogP contribution in [0.4, 0.5) is 18.9 Å². The number of amides is 1. The number of carbonyl (C=O) groups excluding carboxylic acids is 1. The van der Waals surface area contributed by atoms with E-state index in [1.807, 2.05) is 0 Å². The van der Waals surface area contributed by atoms with Crippen molar-refractivity contribution in [3.63, 3.8) is 0 Å². The predicted molar refractivity (Wildman–Crippen MR) is 75.2 cm³/mol. The molecule has 1 aromatic carbocycles. The van der Waals surface area contributed by atoms with Gasteiger partial charge in [0.2, 0.25) is 14.6 Å². The van der Waals surface area contributed by atoms with Gasteiger partial charge in [-0.15, -0.1) is 0 Å². The molecule has 1 aliphatic rings. The molecule has 1 aliphatic heterocycles. The molecule has 1 atom stereocenters. The van der Waals surface area contributed by atoms with Crippen LogP contribution < -0.4 is 4.90 Å². The van der Waals surface area contributed by atoms with Gasteiger partial charge in [0, 0.05) is 16.4 Å². The molecule has 0 bridgehead atoms. The molecule has 1 heterocycles. The minimum Gasteiger partial charge on any atom is -0.332 e. The Morgan fingerprint density at radius 2 is 1.91 bits per heavy atom. The SMILES string of the molecule is CS(=O)(=O)Cl.O=C1C(Cl)OCN1c1cccc(C(F)(F)F)c1. The van der Waals surface area contributed by atoms with Gasteiger partial charge in [-0.25, -0.2) is 8.42 Å². The topological polar surface area (TPSA) is 63.7 Å². The van der Waals surface area contributed by atoms with E-state index in [0.29, 0.717) is 0 Å². The van der Waals surface area contributed by atoms with E-state index in [1.165, 1.54) is 12.1 Å². The van der Waals surface area contributed by atoms with E-state index in [4.69, 9.17) is 16.3 Å². The Balaban J connectivity index is 0.000000422. The van der Waals surface area contributed by atoms with Gasteiger partial charge < -0.3 is 4.74 Å². The molecule has 1 saturated heterocycles. The predicted octanol–water partition coefficient (Wildman–Crippen LogP) is 2.78. The van der Waals surface area contributed by atoms with Crippen LogP contribution in [-0.4, -0.2) is 32.9 Å². The maximum atomic E-state index is 12.5. The number of hydrogen-bond donors (Lipinski definition) is 0. The van der Waals surface area contributed by atoms with Gasteiger partial charge >= 0.3 is 6.18 Å². The monoisotopic (exact) mass is 379 g/mol. The molecule has 22 heavy (non-hydrogen) atoms. The Morgan fingerprint density at radius 1 is 1.36 bits per heavy atom. The molecule has 1 fully saturated rings. The van der Waals surface area contributed by atoms with E-state index in [-0.39, 0.29) is 12.4 Å². The number of carbonyl (C=O) groups is 1. The zero-order chi connectivity index (χ0) is 17.1. The van der Waals surface area contributed by atoms with Crippen molar-refractivity contribution in [2.45, 2.75) is 11.7 Å². The van der Waals surface area contributed by atoms with Crippen LogP contribution in [0.15, 0.2) is 24.3 Å². The second kappa shape index (κ2) is 7.03. The highest BCUT2D eigenvalue weighted by atomic mass is 35.7. The number of alkyl halides is 4. The molecule has 0 aliphatic carbocycles. The standard InChI is InChI=1S/C10H7ClF3NO2.CH3ClO2S/c11-8-9(16)15(5-17-8)7-3-1-2-6(4-7)10(12,13)14;1-5(2,3)4/h1-4,8H,5H2;1H3. The summed E-state index contributed by atoms with van der Waals surface area (Å²) in [5.74, 6) is -0.564. The molecular weight excluding hydrogens is 370 g/mol. The van der Waals surface area contributed by atoms with Crippen molar-refractivity contribution in [1.82, 2.24) is 0 Å². The zero-order valence-electron chi connectivity index (χ0n) is 11.0. The van der Waals surface area contributed by atoms with E-state index in [2.05, 4.69) is 10.7 Å². The van der Waals surface area contributed by atoms with Crippen LogP contribution in [0.5, 0.6) is 0 Å². The van der Waals surface area contributed by atoms with Crippen molar-refractivity contribution in [1.29, 1.82) is 0 Å². The van der Waals surface area contributed by atoms with Gasteiger partial charge in [0.25, 0.3) is 5.91 Å². The fourth-order valence-corrected chi connectivity index (χ4v) is 1.62. The molecule has 0 spiro atoms. The summed E-state index contributed by atoms with van der Waals surface area (Å²) < 4.78 is 61.0. The van der Waals surface area contributed by atoms with Crippen LogP contribution in [0.3, 0.4) is 0 Å². The highest BCUT2D eigenvalue weighted by Crippen LogP contribution is 2.32. The molecule has 5 nitrogen and oxygen atoms in total. The fourth-order valence-electron chi connectivity index (χ4n) is 1.45. The molecule has 0 N–H and O–H groups in total. The fraction of sp³-hybridized carbons (Fsp3) is 0.364. The summed E-state index contributed by atoms with van der Waals surface area (Å²) in [6.07, 6.45) is -3.52. The molecule has 0 radical (unpaired) electrons. The highest BCUT2D eigenvalue weighted by molar-refractivity contribution is 8.13. The number of ether oxygens (including phenoxy) is 1. The van der Waals surface area contributed by atoms with Crippen LogP contribution in [0.2, 0.25) is 0 Å². The summed E-state index contributed by atoms with van der Waals surface area (Å²) in [6, 6.07) is 4.44. The van der Waals surface area contributed by atoms with E-state index >= 15 is 0 Å². The van der Waals surface area contributed by atoms with Crippen molar-refractivity contribution < 1.29 is 31.1 Å². The molecule has 0 aromatic heterocycles. The van der Waals surface area contributed by atoms with Crippen molar-refractivity contribution in [3.05, 3.63) is 29.8 Å². The van der Waals surface area contributed by atoms with Gasteiger partial charge in [-0.05, 0) is 18.2 Å². The lowest BCUT2D eigenvalue weighted by Crippen LogP contribution is -2.27. The van der Waals surface area contributed by atoms with Crippen LogP contribution in [0.25, 0.3) is 0 Å². The molecule has 1 amide bonds. The quantitative estimate of drug-likeness (QED) is 0.555. The number of anilines is 1. The minimum atomic E-state index is -4.44. The van der Waals surface area contributed by atoms with Crippen molar-refractivity contribution in [2.24, 2.45) is 0 Å². The average Bonchev–Trinajstić information content (AvgIpc) is 2.67. The van der Waals surface area contributed by atoms with Gasteiger partial charge in [0.05, 0.1) is 11.8 Å². The number of halogens is 5. The van der Waals surface area contributed by atoms with Gasteiger partial charge in [-0.3, -0.25) is 9.69 Å². The third-order valence-corrected chi connectivity index (χ3v) is 2.61. The van der Waals surface area contributed by atoms with Gasteiger partial charge in [0.1, 0.15) is 6.73 Å². The third-order valence-electron chi connectivity index (χ3n) is 2.30. The van der Waals surface area contributed by atoms with Crippen LogP contribution in [0, 0.1) is 0 Å². The first-order valence-electron chi connectivity index (χ1n) is 5.53. The zero-order valence-corrected chi connectivity index (χ0v) is 13.3. The van der Waals surface area contributed by atoms with E-state index < -0.39 is 32.3 Å². The number of rotatable bonds is 1. The number of nitrogens with zero attached hydrogens (tertiary/aromatic N) is 1. The van der Waals surface area contributed by atoms with E-state index in [0.717, 1.165) is 23.3 Å². The Bertz CT molecular complexity index is 643. The summed E-state index contributed by atoms with van der Waals surface area (Å²) in [6.45, 7) is -0.145. The molecule has 0 saturated carbocycles. The molecule has 124 valence electrons. The number of benzene rings is 1. The molecule has 2 rings (SSSR count). The van der Waals surface area contributed by atoms with Crippen molar-refractivity contribution >= 4 is 42.9 Å². The molecule has 1 unspecified atom stereocenters. The second-order valence-electron chi connectivity index (χ2n) is 4.11. The van der Waals surface area contributed by atoms with Crippen molar-refractivity contribution in [3.8, 4) is 0 Å². The highest BCUT2D eigenvalue weighted by Gasteiger charge is 2.34. The normalized spacial score (nSPS) is 18.9. The summed E-state index contributed by atoms with van der Waals surface area (Å²) in [5, 5.41) is 0. The third kappa shape index (κ3) is 5.99. The Kier molecular flexibility index (Phi) is 6.08. The average molecular weight is 380 g/mol.